The van der Waals surface area contributed by atoms with Gasteiger partial charge in [0, 0.05) is 30.4 Å². The monoisotopic (exact) mass is 263 g/mol. The predicted octanol–water partition coefficient (Wildman–Crippen LogP) is 3.43. The van der Waals surface area contributed by atoms with E-state index in [1.165, 1.54) is 11.1 Å². The van der Waals surface area contributed by atoms with Gasteiger partial charge in [-0.1, -0.05) is 13.8 Å². The first kappa shape index (κ1) is 16.0. The van der Waals surface area contributed by atoms with Crippen LogP contribution in [0.5, 0.6) is 0 Å². The number of aromatic nitrogens is 1. The van der Waals surface area contributed by atoms with Gasteiger partial charge in [0.15, 0.2) is 0 Å². The number of aryl methyl sites for hydroxylation is 2. The van der Waals surface area contributed by atoms with Gasteiger partial charge in [-0.3, -0.25) is 0 Å². The molecule has 0 aromatic carbocycles. The van der Waals surface area contributed by atoms with Gasteiger partial charge in [-0.25, -0.2) is 4.98 Å². The first-order valence-electron chi connectivity index (χ1n) is 7.25. The molecule has 0 aliphatic rings. The summed E-state index contributed by atoms with van der Waals surface area (Å²) >= 11 is 0. The van der Waals surface area contributed by atoms with Crippen LogP contribution in [-0.2, 0) is 6.54 Å². The average molecular weight is 263 g/mol. The molecule has 3 heteroatoms. The molecule has 0 aliphatic carbocycles. The van der Waals surface area contributed by atoms with Crippen molar-refractivity contribution in [2.75, 3.05) is 18.5 Å². The predicted molar refractivity (Wildman–Crippen MR) is 83.9 cm³/mol. The molecule has 0 amide bonds. The summed E-state index contributed by atoms with van der Waals surface area (Å²) in [5.41, 5.74) is 3.85. The van der Waals surface area contributed by atoms with Gasteiger partial charge in [0.2, 0.25) is 0 Å². The van der Waals surface area contributed by atoms with Gasteiger partial charge in [-0.15, -0.1) is 0 Å². The Labute approximate surface area is 118 Å². The summed E-state index contributed by atoms with van der Waals surface area (Å²) < 4.78 is 0. The maximum atomic E-state index is 4.79. The summed E-state index contributed by atoms with van der Waals surface area (Å²) in [6.45, 7) is 15.0. The van der Waals surface area contributed by atoms with Crippen molar-refractivity contribution in [3.8, 4) is 0 Å². The molecule has 0 aliphatic heterocycles. The Kier molecular flexibility index (Phi) is 5.36. The van der Waals surface area contributed by atoms with Gasteiger partial charge in [0.25, 0.3) is 0 Å². The molecule has 0 spiro atoms. The molecule has 1 aromatic rings. The fourth-order valence-electron chi connectivity index (χ4n) is 2.11. The summed E-state index contributed by atoms with van der Waals surface area (Å²) in [5, 5.41) is 3.42. The second-order valence-corrected chi connectivity index (χ2v) is 5.89. The highest BCUT2D eigenvalue weighted by Gasteiger charge is 2.25. The lowest BCUT2D eigenvalue weighted by Gasteiger charge is -2.37. The van der Waals surface area contributed by atoms with E-state index in [9.17, 15) is 0 Å². The molecule has 0 saturated heterocycles. The standard InChI is InChI=1S/C16H29N3/c1-8-16(5,6)19(7)15-14(11-17-9-2)12(3)10-13(4)18-15/h10,17H,8-9,11H2,1-7H3. The maximum absolute atomic E-state index is 4.79. The molecule has 108 valence electrons. The quantitative estimate of drug-likeness (QED) is 0.852. The Morgan fingerprint density at radius 2 is 1.89 bits per heavy atom. The molecule has 0 radical (unpaired) electrons. The number of rotatable bonds is 6. The molecule has 0 fully saturated rings. The lowest BCUT2D eigenvalue weighted by Crippen LogP contribution is -2.42. The molecule has 1 heterocycles. The van der Waals surface area contributed by atoms with Crippen molar-refractivity contribution < 1.29 is 0 Å². The van der Waals surface area contributed by atoms with E-state index in [1.54, 1.807) is 0 Å². The van der Waals surface area contributed by atoms with Gasteiger partial charge >= 0.3 is 0 Å². The van der Waals surface area contributed by atoms with Crippen molar-refractivity contribution in [1.82, 2.24) is 10.3 Å². The summed E-state index contributed by atoms with van der Waals surface area (Å²) in [5.74, 6) is 1.12. The smallest absolute Gasteiger partial charge is 0.133 e. The first-order valence-corrected chi connectivity index (χ1v) is 7.25. The summed E-state index contributed by atoms with van der Waals surface area (Å²) in [4.78, 5) is 7.11. The average Bonchev–Trinajstić information content (AvgIpc) is 2.36. The van der Waals surface area contributed by atoms with Gasteiger partial charge in [-0.05, 0) is 52.3 Å². The number of anilines is 1. The highest BCUT2D eigenvalue weighted by Crippen LogP contribution is 2.28. The third-order valence-electron chi connectivity index (χ3n) is 4.10. The molecule has 1 rings (SSSR count). The Morgan fingerprint density at radius 3 is 2.42 bits per heavy atom. The van der Waals surface area contributed by atoms with Gasteiger partial charge < -0.3 is 10.2 Å². The largest absolute Gasteiger partial charge is 0.354 e. The molecule has 1 aromatic heterocycles. The molecular weight excluding hydrogens is 234 g/mol. The highest BCUT2D eigenvalue weighted by atomic mass is 15.2. The van der Waals surface area contributed by atoms with Gasteiger partial charge in [0.05, 0.1) is 0 Å². The third-order valence-corrected chi connectivity index (χ3v) is 4.10. The Morgan fingerprint density at radius 1 is 1.26 bits per heavy atom. The first-order chi connectivity index (χ1) is 8.83. The van der Waals surface area contributed by atoms with Crippen LogP contribution in [0, 0.1) is 13.8 Å². The minimum absolute atomic E-state index is 0.119. The van der Waals surface area contributed by atoms with Crippen LogP contribution in [0.1, 0.15) is 50.9 Å². The van der Waals surface area contributed by atoms with E-state index in [4.69, 9.17) is 4.98 Å². The third kappa shape index (κ3) is 3.69. The summed E-state index contributed by atoms with van der Waals surface area (Å²) in [7, 11) is 2.15. The SMILES string of the molecule is CCNCc1c(C)cc(C)nc1N(C)C(C)(C)CC. The molecule has 0 saturated carbocycles. The fraction of sp³-hybridized carbons (Fsp3) is 0.688. The van der Waals surface area contributed by atoms with Crippen molar-refractivity contribution in [1.29, 1.82) is 0 Å². The van der Waals surface area contributed by atoms with Crippen LogP contribution in [0.15, 0.2) is 6.07 Å². The summed E-state index contributed by atoms with van der Waals surface area (Å²) in [6, 6.07) is 2.17. The fourth-order valence-corrected chi connectivity index (χ4v) is 2.11. The van der Waals surface area contributed by atoms with Crippen molar-refractivity contribution >= 4 is 5.82 Å². The van der Waals surface area contributed by atoms with Gasteiger partial charge in [-0.2, -0.15) is 0 Å². The number of hydrogen-bond donors (Lipinski definition) is 1. The van der Waals surface area contributed by atoms with Crippen LogP contribution >= 0.6 is 0 Å². The van der Waals surface area contributed by atoms with Crippen LogP contribution in [0.3, 0.4) is 0 Å². The van der Waals surface area contributed by atoms with Gasteiger partial charge in [0.1, 0.15) is 5.82 Å². The normalized spacial score (nSPS) is 11.7. The number of pyridine rings is 1. The zero-order valence-electron chi connectivity index (χ0n) is 13.6. The van der Waals surface area contributed by atoms with Crippen LogP contribution in [0.2, 0.25) is 0 Å². The molecule has 0 unspecified atom stereocenters. The Balaban J connectivity index is 3.23. The molecule has 0 atom stereocenters. The van der Waals surface area contributed by atoms with Crippen LogP contribution in [0.25, 0.3) is 0 Å². The van der Waals surface area contributed by atoms with Crippen molar-refractivity contribution in [2.24, 2.45) is 0 Å². The second-order valence-electron chi connectivity index (χ2n) is 5.89. The minimum atomic E-state index is 0.119. The molecular formula is C16H29N3. The van der Waals surface area contributed by atoms with E-state index in [0.717, 1.165) is 31.0 Å². The number of nitrogens with one attached hydrogen (secondary N) is 1. The lowest BCUT2D eigenvalue weighted by atomic mass is 9.98. The zero-order valence-corrected chi connectivity index (χ0v) is 13.6. The van der Waals surface area contributed by atoms with E-state index < -0.39 is 0 Å². The Hall–Kier alpha value is -1.09. The van der Waals surface area contributed by atoms with E-state index in [0.29, 0.717) is 0 Å². The Bertz CT molecular complexity index is 424. The highest BCUT2D eigenvalue weighted by molar-refractivity contribution is 5.52. The molecule has 19 heavy (non-hydrogen) atoms. The van der Waals surface area contributed by atoms with E-state index in [-0.39, 0.29) is 5.54 Å². The van der Waals surface area contributed by atoms with Crippen molar-refractivity contribution in [3.05, 3.63) is 22.9 Å². The van der Waals surface area contributed by atoms with Crippen molar-refractivity contribution in [3.63, 3.8) is 0 Å². The summed E-state index contributed by atoms with van der Waals surface area (Å²) in [6.07, 6.45) is 1.10. The van der Waals surface area contributed by atoms with Crippen LogP contribution in [-0.4, -0.2) is 24.1 Å². The minimum Gasteiger partial charge on any atom is -0.354 e. The van der Waals surface area contributed by atoms with E-state index in [2.05, 4.69) is 64.9 Å². The molecule has 1 N–H and O–H groups in total. The number of nitrogens with zero attached hydrogens (tertiary/aromatic N) is 2. The zero-order chi connectivity index (χ0) is 14.6. The lowest BCUT2D eigenvalue weighted by molar-refractivity contribution is 0.465. The van der Waals surface area contributed by atoms with Crippen molar-refractivity contribution in [2.45, 2.75) is 60.0 Å². The molecule has 3 nitrogen and oxygen atoms in total. The van der Waals surface area contributed by atoms with Crippen LogP contribution in [0.4, 0.5) is 5.82 Å². The topological polar surface area (TPSA) is 28.2 Å². The van der Waals surface area contributed by atoms with E-state index >= 15 is 0 Å². The van der Waals surface area contributed by atoms with E-state index in [1.807, 2.05) is 0 Å². The second kappa shape index (κ2) is 6.38. The van der Waals surface area contributed by atoms with Crippen LogP contribution < -0.4 is 10.2 Å². The molecule has 0 bridgehead atoms. The number of hydrogen-bond acceptors (Lipinski definition) is 3. The maximum Gasteiger partial charge on any atom is 0.133 e.